The van der Waals surface area contributed by atoms with Crippen LogP contribution >= 0.6 is 0 Å². The van der Waals surface area contributed by atoms with Crippen LogP contribution in [0.25, 0.3) is 0 Å². The monoisotopic (exact) mass is 533 g/mol. The highest BCUT2D eigenvalue weighted by Crippen LogP contribution is 2.43. The number of amides is 1. The van der Waals surface area contributed by atoms with Gasteiger partial charge in [0.2, 0.25) is 5.90 Å². The molecule has 3 aromatic carbocycles. The molecule has 3 aromatic rings. The quantitative estimate of drug-likeness (QED) is 0.173. The number of hydrazine groups is 1. The molecule has 2 atom stereocenters. The van der Waals surface area contributed by atoms with Crippen molar-refractivity contribution in [3.8, 4) is 11.5 Å². The van der Waals surface area contributed by atoms with Gasteiger partial charge in [0.1, 0.15) is 17.3 Å². The molecule has 1 amide bonds. The van der Waals surface area contributed by atoms with Crippen molar-refractivity contribution < 1.29 is 28.5 Å². The summed E-state index contributed by atoms with van der Waals surface area (Å²) in [5.74, 6) is 0.839. The number of halogens is 1. The zero-order valence-corrected chi connectivity index (χ0v) is 21.7. The van der Waals surface area contributed by atoms with Crippen molar-refractivity contribution in [3.05, 3.63) is 108 Å². The lowest BCUT2D eigenvalue weighted by Gasteiger charge is -2.29. The Labute approximate surface area is 227 Å². The van der Waals surface area contributed by atoms with E-state index in [0.29, 0.717) is 41.6 Å². The summed E-state index contributed by atoms with van der Waals surface area (Å²) in [6, 6.07) is 20.5. The van der Waals surface area contributed by atoms with Crippen molar-refractivity contribution in [3.63, 3.8) is 0 Å². The number of hydrogen-bond donors (Lipinski definition) is 3. The van der Waals surface area contributed by atoms with Crippen LogP contribution in [0.3, 0.4) is 0 Å². The molecule has 9 heteroatoms. The number of aliphatic hydroxyl groups excluding tert-OH is 1. The predicted molar refractivity (Wildman–Crippen MR) is 146 cm³/mol. The number of methoxy groups -OCH3 is 1. The standard InChI is InChI=1S/C30H32FN3O5/c1-3-16-30(29(36)34-32-20-21-8-12-24(31)13-9-21)27(23-6-4-7-26(19-23)37-2)39-28(33-30)22-10-14-25(15-11-22)38-18-5-17-35/h3-4,6-15,19,27,32,35H,1,5,16-18,20H2,2H3,(H,34,36)/t27-,30-/m0/s1. The fourth-order valence-corrected chi connectivity index (χ4v) is 4.28. The van der Waals surface area contributed by atoms with Crippen LogP contribution in [0.1, 0.15) is 35.6 Å². The minimum absolute atomic E-state index is 0.0561. The van der Waals surface area contributed by atoms with Crippen molar-refractivity contribution in [1.29, 1.82) is 0 Å². The molecule has 0 aromatic heterocycles. The molecule has 0 bridgehead atoms. The van der Waals surface area contributed by atoms with E-state index in [4.69, 9.17) is 24.3 Å². The van der Waals surface area contributed by atoms with Crippen molar-refractivity contribution in [2.75, 3.05) is 20.3 Å². The van der Waals surface area contributed by atoms with Crippen molar-refractivity contribution in [2.45, 2.75) is 31.0 Å². The Bertz CT molecular complexity index is 1300. The van der Waals surface area contributed by atoms with Gasteiger partial charge in [-0.2, -0.15) is 0 Å². The van der Waals surface area contributed by atoms with Crippen LogP contribution < -0.4 is 20.3 Å². The third-order valence-electron chi connectivity index (χ3n) is 6.29. The third kappa shape index (κ3) is 6.63. The predicted octanol–water partition coefficient (Wildman–Crippen LogP) is 4.25. The molecule has 0 spiro atoms. The first-order valence-corrected chi connectivity index (χ1v) is 12.6. The summed E-state index contributed by atoms with van der Waals surface area (Å²) >= 11 is 0. The van der Waals surface area contributed by atoms with E-state index in [0.717, 1.165) is 5.56 Å². The van der Waals surface area contributed by atoms with E-state index in [1.807, 2.05) is 36.4 Å². The Morgan fingerprint density at radius 1 is 1.15 bits per heavy atom. The Morgan fingerprint density at radius 2 is 1.92 bits per heavy atom. The molecular formula is C30H32FN3O5. The average Bonchev–Trinajstić information content (AvgIpc) is 3.35. The summed E-state index contributed by atoms with van der Waals surface area (Å²) < 4.78 is 30.7. The topological polar surface area (TPSA) is 101 Å². The fourth-order valence-electron chi connectivity index (χ4n) is 4.28. The van der Waals surface area contributed by atoms with E-state index in [9.17, 15) is 9.18 Å². The number of nitrogens with zero attached hydrogens (tertiary/aromatic N) is 1. The van der Waals surface area contributed by atoms with Crippen LogP contribution in [-0.2, 0) is 16.1 Å². The largest absolute Gasteiger partial charge is 0.497 e. The van der Waals surface area contributed by atoms with Crippen LogP contribution in [0.2, 0.25) is 0 Å². The summed E-state index contributed by atoms with van der Waals surface area (Å²) in [5, 5.41) is 8.97. The van der Waals surface area contributed by atoms with Gasteiger partial charge in [-0.3, -0.25) is 10.2 Å². The van der Waals surface area contributed by atoms with Gasteiger partial charge < -0.3 is 19.3 Å². The zero-order valence-electron chi connectivity index (χ0n) is 21.7. The molecule has 8 nitrogen and oxygen atoms in total. The van der Waals surface area contributed by atoms with Crippen molar-refractivity contribution >= 4 is 11.8 Å². The van der Waals surface area contributed by atoms with E-state index >= 15 is 0 Å². The highest BCUT2D eigenvalue weighted by Gasteiger charge is 2.52. The van der Waals surface area contributed by atoms with Gasteiger partial charge in [-0.05, 0) is 59.7 Å². The smallest absolute Gasteiger partial charge is 0.266 e. The third-order valence-corrected chi connectivity index (χ3v) is 6.29. The summed E-state index contributed by atoms with van der Waals surface area (Å²) in [5.41, 5.74) is 6.51. The van der Waals surface area contributed by atoms with E-state index < -0.39 is 17.6 Å². The highest BCUT2D eigenvalue weighted by atomic mass is 19.1. The van der Waals surface area contributed by atoms with Gasteiger partial charge in [0.15, 0.2) is 11.6 Å². The molecule has 0 saturated heterocycles. The van der Waals surface area contributed by atoms with Crippen molar-refractivity contribution in [1.82, 2.24) is 10.9 Å². The second-order valence-corrected chi connectivity index (χ2v) is 8.99. The SMILES string of the molecule is C=CC[C@]1(C(=O)NNCc2ccc(F)cc2)N=C(c2ccc(OCCCO)cc2)O[C@H]1c1cccc(OC)c1. The summed E-state index contributed by atoms with van der Waals surface area (Å²) in [6.07, 6.45) is 1.60. The van der Waals surface area contributed by atoms with Crippen LogP contribution in [-0.4, -0.2) is 42.8 Å². The Morgan fingerprint density at radius 3 is 2.62 bits per heavy atom. The normalized spacial score (nSPS) is 18.1. The number of aliphatic imine (C=N–C) groups is 1. The average molecular weight is 534 g/mol. The number of carbonyl (C=O) groups is 1. The van der Waals surface area contributed by atoms with Crippen LogP contribution in [0.4, 0.5) is 4.39 Å². The molecule has 4 rings (SSSR count). The molecular weight excluding hydrogens is 501 g/mol. The second-order valence-electron chi connectivity index (χ2n) is 8.99. The first kappa shape index (κ1) is 27.8. The summed E-state index contributed by atoms with van der Waals surface area (Å²) in [4.78, 5) is 18.6. The number of carbonyl (C=O) groups excluding carboxylic acids is 1. The van der Waals surface area contributed by atoms with Gasteiger partial charge in [-0.15, -0.1) is 6.58 Å². The van der Waals surface area contributed by atoms with Crippen LogP contribution in [0, 0.1) is 5.82 Å². The van der Waals surface area contributed by atoms with Gasteiger partial charge in [-0.25, -0.2) is 14.8 Å². The Balaban J connectivity index is 1.62. The van der Waals surface area contributed by atoms with Gasteiger partial charge in [0.05, 0.1) is 13.7 Å². The molecule has 0 radical (unpaired) electrons. The maximum atomic E-state index is 13.8. The molecule has 0 saturated carbocycles. The first-order chi connectivity index (χ1) is 19.0. The number of hydrogen-bond acceptors (Lipinski definition) is 7. The Kier molecular flexibility index (Phi) is 9.30. The summed E-state index contributed by atoms with van der Waals surface area (Å²) in [6.45, 7) is 4.62. The molecule has 3 N–H and O–H groups in total. The number of ether oxygens (including phenoxy) is 3. The lowest BCUT2D eigenvalue weighted by Crippen LogP contribution is -2.52. The number of nitrogens with one attached hydrogen (secondary N) is 2. The van der Waals surface area contributed by atoms with Gasteiger partial charge >= 0.3 is 0 Å². The molecule has 1 heterocycles. The lowest BCUT2D eigenvalue weighted by atomic mass is 9.84. The first-order valence-electron chi connectivity index (χ1n) is 12.6. The van der Waals surface area contributed by atoms with Crippen LogP contribution in [0.5, 0.6) is 11.5 Å². The molecule has 1 aliphatic rings. The molecule has 0 fully saturated rings. The number of benzene rings is 3. The minimum atomic E-state index is -1.37. The minimum Gasteiger partial charge on any atom is -0.497 e. The maximum Gasteiger partial charge on any atom is 0.266 e. The van der Waals surface area contributed by atoms with E-state index in [-0.39, 0.29) is 25.4 Å². The number of aliphatic hydroxyl groups is 1. The molecule has 39 heavy (non-hydrogen) atoms. The highest BCUT2D eigenvalue weighted by molar-refractivity contribution is 6.01. The lowest BCUT2D eigenvalue weighted by molar-refractivity contribution is -0.129. The van der Waals surface area contributed by atoms with Gasteiger partial charge in [-0.1, -0.05) is 30.3 Å². The Hall–Kier alpha value is -4.21. The van der Waals surface area contributed by atoms with Crippen LogP contribution in [0.15, 0.2) is 90.4 Å². The van der Waals surface area contributed by atoms with Gasteiger partial charge in [0.25, 0.3) is 5.91 Å². The molecule has 1 aliphatic heterocycles. The van der Waals surface area contributed by atoms with Gasteiger partial charge in [0, 0.05) is 31.6 Å². The maximum absolute atomic E-state index is 13.8. The van der Waals surface area contributed by atoms with E-state index in [2.05, 4.69) is 17.4 Å². The second kappa shape index (κ2) is 13.0. The van der Waals surface area contributed by atoms with E-state index in [1.165, 1.54) is 12.1 Å². The van der Waals surface area contributed by atoms with E-state index in [1.54, 1.807) is 37.5 Å². The molecule has 204 valence electrons. The molecule has 0 aliphatic carbocycles. The number of rotatable bonds is 13. The summed E-state index contributed by atoms with van der Waals surface area (Å²) in [7, 11) is 1.57. The zero-order chi connectivity index (χ0) is 27.7. The van der Waals surface area contributed by atoms with Crippen molar-refractivity contribution in [2.24, 2.45) is 4.99 Å². The fraction of sp³-hybridized carbons (Fsp3) is 0.267. The molecule has 0 unspecified atom stereocenters.